The number of anilines is 1. The SMILES string of the molecule is CC(Nc1ccc(Cl)c([N+](=O)[O-])c1)c1ccc(F)cc1Br. The molecule has 21 heavy (non-hydrogen) atoms. The highest BCUT2D eigenvalue weighted by molar-refractivity contribution is 9.10. The Morgan fingerprint density at radius 2 is 2.05 bits per heavy atom. The van der Waals surface area contributed by atoms with Gasteiger partial charge in [0, 0.05) is 22.3 Å². The van der Waals surface area contributed by atoms with Crippen molar-refractivity contribution in [2.24, 2.45) is 0 Å². The Morgan fingerprint density at radius 1 is 1.33 bits per heavy atom. The molecule has 0 saturated carbocycles. The van der Waals surface area contributed by atoms with Crippen LogP contribution in [0, 0.1) is 15.9 Å². The maximum absolute atomic E-state index is 13.1. The van der Waals surface area contributed by atoms with Crippen molar-refractivity contribution in [1.29, 1.82) is 0 Å². The summed E-state index contributed by atoms with van der Waals surface area (Å²) in [5, 5.41) is 14.1. The van der Waals surface area contributed by atoms with Crippen LogP contribution in [0.1, 0.15) is 18.5 Å². The quantitative estimate of drug-likeness (QED) is 0.582. The standard InChI is InChI=1S/C14H11BrClFN2O2/c1-8(11-4-2-9(17)6-12(11)15)18-10-3-5-13(16)14(7-10)19(20)21/h2-8,18H,1H3. The van der Waals surface area contributed by atoms with Crippen molar-refractivity contribution >= 4 is 38.9 Å². The Morgan fingerprint density at radius 3 is 2.67 bits per heavy atom. The Kier molecular flexibility index (Phi) is 4.80. The van der Waals surface area contributed by atoms with Gasteiger partial charge in [-0.15, -0.1) is 0 Å². The van der Waals surface area contributed by atoms with Gasteiger partial charge in [-0.1, -0.05) is 33.6 Å². The van der Waals surface area contributed by atoms with Crippen molar-refractivity contribution in [1.82, 2.24) is 0 Å². The third kappa shape index (κ3) is 3.71. The molecule has 0 aliphatic heterocycles. The van der Waals surface area contributed by atoms with Crippen molar-refractivity contribution in [2.75, 3.05) is 5.32 Å². The van der Waals surface area contributed by atoms with Gasteiger partial charge in [-0.05, 0) is 36.8 Å². The highest BCUT2D eigenvalue weighted by atomic mass is 79.9. The number of halogens is 3. The molecule has 1 unspecified atom stereocenters. The molecule has 2 aromatic carbocycles. The van der Waals surface area contributed by atoms with Gasteiger partial charge in [0.25, 0.3) is 5.69 Å². The molecule has 0 fully saturated rings. The minimum Gasteiger partial charge on any atom is -0.378 e. The van der Waals surface area contributed by atoms with Crippen LogP contribution in [-0.4, -0.2) is 4.92 Å². The van der Waals surface area contributed by atoms with E-state index in [1.165, 1.54) is 24.3 Å². The van der Waals surface area contributed by atoms with Crippen molar-refractivity contribution in [3.05, 3.63) is 67.4 Å². The summed E-state index contributed by atoms with van der Waals surface area (Å²) in [5.74, 6) is -0.333. The van der Waals surface area contributed by atoms with Gasteiger partial charge in [0.05, 0.1) is 4.92 Å². The van der Waals surface area contributed by atoms with Crippen LogP contribution >= 0.6 is 27.5 Å². The molecule has 1 atom stereocenters. The summed E-state index contributed by atoms with van der Waals surface area (Å²) in [6.45, 7) is 1.87. The van der Waals surface area contributed by atoms with Gasteiger partial charge in [-0.2, -0.15) is 0 Å². The van der Waals surface area contributed by atoms with Gasteiger partial charge < -0.3 is 5.32 Å². The zero-order valence-corrected chi connectivity index (χ0v) is 13.3. The van der Waals surface area contributed by atoms with E-state index in [-0.39, 0.29) is 22.6 Å². The molecule has 0 radical (unpaired) electrons. The van der Waals surface area contributed by atoms with E-state index in [1.807, 2.05) is 6.92 Å². The molecular formula is C14H11BrClFN2O2. The van der Waals surface area contributed by atoms with E-state index in [0.717, 1.165) is 5.56 Å². The maximum atomic E-state index is 13.1. The second-order valence-electron chi connectivity index (χ2n) is 4.46. The zero-order chi connectivity index (χ0) is 15.6. The molecule has 0 bridgehead atoms. The molecule has 7 heteroatoms. The lowest BCUT2D eigenvalue weighted by Crippen LogP contribution is -2.07. The van der Waals surface area contributed by atoms with Crippen molar-refractivity contribution in [3.63, 3.8) is 0 Å². The van der Waals surface area contributed by atoms with Crippen LogP contribution in [-0.2, 0) is 0 Å². The lowest BCUT2D eigenvalue weighted by molar-refractivity contribution is -0.384. The van der Waals surface area contributed by atoms with Gasteiger partial charge in [-0.3, -0.25) is 10.1 Å². The van der Waals surface area contributed by atoms with E-state index in [4.69, 9.17) is 11.6 Å². The number of benzene rings is 2. The smallest absolute Gasteiger partial charge is 0.289 e. The molecule has 0 heterocycles. The Hall–Kier alpha value is -1.66. The summed E-state index contributed by atoms with van der Waals surface area (Å²) in [7, 11) is 0. The van der Waals surface area contributed by atoms with E-state index < -0.39 is 4.92 Å². The Labute approximate surface area is 134 Å². The first-order valence-electron chi connectivity index (χ1n) is 6.04. The van der Waals surface area contributed by atoms with Gasteiger partial charge >= 0.3 is 0 Å². The van der Waals surface area contributed by atoms with Crippen LogP contribution in [0.3, 0.4) is 0 Å². The van der Waals surface area contributed by atoms with E-state index in [9.17, 15) is 14.5 Å². The van der Waals surface area contributed by atoms with Crippen LogP contribution in [0.25, 0.3) is 0 Å². The monoisotopic (exact) mass is 372 g/mol. The van der Waals surface area contributed by atoms with Gasteiger partial charge in [-0.25, -0.2) is 4.39 Å². The number of rotatable bonds is 4. The molecule has 2 aromatic rings. The van der Waals surface area contributed by atoms with Crippen molar-refractivity contribution in [2.45, 2.75) is 13.0 Å². The largest absolute Gasteiger partial charge is 0.378 e. The predicted octanol–water partition coefficient (Wildman–Crippen LogP) is 5.32. The molecule has 0 saturated heterocycles. The molecule has 2 rings (SSSR count). The summed E-state index contributed by atoms with van der Waals surface area (Å²) >= 11 is 9.07. The maximum Gasteiger partial charge on any atom is 0.289 e. The summed E-state index contributed by atoms with van der Waals surface area (Å²) < 4.78 is 13.7. The van der Waals surface area contributed by atoms with E-state index in [0.29, 0.717) is 10.2 Å². The average molecular weight is 374 g/mol. The van der Waals surface area contributed by atoms with Crippen LogP contribution in [0.5, 0.6) is 0 Å². The Balaban J connectivity index is 2.25. The third-order valence-electron chi connectivity index (χ3n) is 2.96. The van der Waals surface area contributed by atoms with Crippen molar-refractivity contribution in [3.8, 4) is 0 Å². The molecule has 1 N–H and O–H groups in total. The molecule has 0 aromatic heterocycles. The van der Waals surface area contributed by atoms with E-state index in [2.05, 4.69) is 21.2 Å². The van der Waals surface area contributed by atoms with Crippen LogP contribution in [0.15, 0.2) is 40.9 Å². The number of hydrogen-bond acceptors (Lipinski definition) is 3. The number of nitrogens with zero attached hydrogens (tertiary/aromatic N) is 1. The fourth-order valence-electron chi connectivity index (χ4n) is 1.92. The summed E-state index contributed by atoms with van der Waals surface area (Å²) in [6, 6.07) is 8.72. The topological polar surface area (TPSA) is 55.2 Å². The van der Waals surface area contributed by atoms with Crippen LogP contribution in [0.4, 0.5) is 15.8 Å². The molecule has 0 aliphatic rings. The van der Waals surface area contributed by atoms with E-state index in [1.54, 1.807) is 12.1 Å². The number of hydrogen-bond donors (Lipinski definition) is 1. The predicted molar refractivity (Wildman–Crippen MR) is 84.2 cm³/mol. The van der Waals surface area contributed by atoms with Gasteiger partial charge in [0.15, 0.2) is 0 Å². The minimum absolute atomic E-state index is 0.0844. The second-order valence-corrected chi connectivity index (χ2v) is 5.72. The van der Waals surface area contributed by atoms with Gasteiger partial charge in [0.2, 0.25) is 0 Å². The lowest BCUT2D eigenvalue weighted by Gasteiger charge is -2.17. The molecule has 0 aliphatic carbocycles. The first-order valence-corrected chi connectivity index (χ1v) is 7.21. The lowest BCUT2D eigenvalue weighted by atomic mass is 10.1. The number of nitrogens with one attached hydrogen (secondary N) is 1. The summed E-state index contributed by atoms with van der Waals surface area (Å²) in [5.41, 5.74) is 1.25. The summed E-state index contributed by atoms with van der Waals surface area (Å²) in [4.78, 5) is 10.3. The highest BCUT2D eigenvalue weighted by Crippen LogP contribution is 2.31. The second kappa shape index (κ2) is 6.41. The molecular weight excluding hydrogens is 363 g/mol. The first-order chi connectivity index (χ1) is 9.88. The first kappa shape index (κ1) is 15.7. The van der Waals surface area contributed by atoms with Crippen molar-refractivity contribution < 1.29 is 9.31 Å². The molecule has 0 amide bonds. The zero-order valence-electron chi connectivity index (χ0n) is 10.9. The molecule has 110 valence electrons. The fourth-order valence-corrected chi connectivity index (χ4v) is 2.80. The normalized spacial score (nSPS) is 12.0. The highest BCUT2D eigenvalue weighted by Gasteiger charge is 2.15. The number of nitro benzene ring substituents is 1. The molecule has 4 nitrogen and oxygen atoms in total. The van der Waals surface area contributed by atoms with Crippen LogP contribution < -0.4 is 5.32 Å². The average Bonchev–Trinajstić information content (AvgIpc) is 2.40. The Bertz CT molecular complexity index is 697. The summed E-state index contributed by atoms with van der Waals surface area (Å²) in [6.07, 6.45) is 0. The molecule has 0 spiro atoms. The minimum atomic E-state index is -0.536. The fraction of sp³-hybridized carbons (Fsp3) is 0.143. The van der Waals surface area contributed by atoms with Crippen LogP contribution in [0.2, 0.25) is 5.02 Å². The third-order valence-corrected chi connectivity index (χ3v) is 3.96. The number of nitro groups is 1. The van der Waals surface area contributed by atoms with E-state index >= 15 is 0 Å². The van der Waals surface area contributed by atoms with Gasteiger partial charge in [0.1, 0.15) is 10.8 Å².